The van der Waals surface area contributed by atoms with Crippen molar-refractivity contribution < 1.29 is 14.3 Å². The summed E-state index contributed by atoms with van der Waals surface area (Å²) in [6, 6.07) is 12.1. The molecule has 2 aromatic carbocycles. The molecule has 4 N–H and O–H groups in total. The number of carbonyl (C=O) groups excluding carboxylic acids is 1. The number of nitrogens with two attached hydrogens (primary N) is 2. The molecule has 0 radical (unpaired) electrons. The highest BCUT2D eigenvalue weighted by atomic mass is 16.5. The van der Waals surface area contributed by atoms with Gasteiger partial charge in [-0.25, -0.2) is 4.79 Å². The lowest BCUT2D eigenvalue weighted by Crippen LogP contribution is -2.04. The van der Waals surface area contributed by atoms with Crippen LogP contribution in [0.3, 0.4) is 0 Å². The smallest absolute Gasteiger partial charge is 0.330 e. The van der Waals surface area contributed by atoms with Gasteiger partial charge in [-0.05, 0) is 60.4 Å². The second kappa shape index (κ2) is 8.99. The lowest BCUT2D eigenvalue weighted by Gasteiger charge is -2.07. The second-order valence-corrected chi connectivity index (χ2v) is 5.33. The normalized spacial score (nSPS) is 10.4. The van der Waals surface area contributed by atoms with Crippen molar-refractivity contribution in [1.29, 1.82) is 5.26 Å². The van der Waals surface area contributed by atoms with E-state index < -0.39 is 5.97 Å². The number of hydrogen-bond donors (Lipinski definition) is 2. The number of esters is 1. The van der Waals surface area contributed by atoms with E-state index in [4.69, 9.17) is 21.5 Å². The van der Waals surface area contributed by atoms with Crippen LogP contribution in [0.4, 0.5) is 11.4 Å². The summed E-state index contributed by atoms with van der Waals surface area (Å²) in [5, 5.41) is 8.41. The lowest BCUT2D eigenvalue weighted by atomic mass is 10.1. The van der Waals surface area contributed by atoms with Crippen LogP contribution in [0.2, 0.25) is 0 Å². The van der Waals surface area contributed by atoms with E-state index in [9.17, 15) is 4.79 Å². The largest absolute Gasteiger partial charge is 0.463 e. The zero-order valence-electron chi connectivity index (χ0n) is 13.6. The van der Waals surface area contributed by atoms with Gasteiger partial charge in [0.2, 0.25) is 0 Å². The summed E-state index contributed by atoms with van der Waals surface area (Å²) < 4.78 is 9.83. The summed E-state index contributed by atoms with van der Waals surface area (Å²) in [6.07, 6.45) is 5.93. The van der Waals surface area contributed by atoms with Crippen LogP contribution in [0.15, 0.2) is 48.5 Å². The number of ether oxygens (including phenoxy) is 2. The van der Waals surface area contributed by atoms with Crippen LogP contribution in [0, 0.1) is 11.5 Å². The maximum absolute atomic E-state index is 11.7. The van der Waals surface area contributed by atoms with Gasteiger partial charge < -0.3 is 20.9 Å². The number of nitriles is 1. The molecule has 0 saturated carbocycles. The van der Waals surface area contributed by atoms with Gasteiger partial charge in [0.05, 0.1) is 6.61 Å². The van der Waals surface area contributed by atoms with Crippen molar-refractivity contribution in [1.82, 2.24) is 0 Å². The molecule has 0 atom stereocenters. The molecule has 0 amide bonds. The molecule has 0 heterocycles. The summed E-state index contributed by atoms with van der Waals surface area (Å²) in [4.78, 5) is 11.7. The summed E-state index contributed by atoms with van der Waals surface area (Å²) in [7, 11) is 0. The molecule has 0 spiro atoms. The fourth-order valence-electron chi connectivity index (χ4n) is 2.19. The van der Waals surface area contributed by atoms with Gasteiger partial charge in [0, 0.05) is 17.5 Å². The van der Waals surface area contributed by atoms with Crippen molar-refractivity contribution in [2.45, 2.75) is 12.8 Å². The average Bonchev–Trinajstić information content (AvgIpc) is 2.61. The molecular weight excluding hydrogens is 318 g/mol. The van der Waals surface area contributed by atoms with E-state index in [1.807, 2.05) is 6.07 Å². The average molecular weight is 337 g/mol. The third kappa shape index (κ3) is 5.92. The Labute approximate surface area is 146 Å². The molecule has 0 fully saturated rings. The van der Waals surface area contributed by atoms with Gasteiger partial charge in [0.25, 0.3) is 6.26 Å². The molecule has 6 nitrogen and oxygen atoms in total. The van der Waals surface area contributed by atoms with Crippen LogP contribution >= 0.6 is 0 Å². The standard InChI is InChI=1S/C19H19N3O3/c20-13-25-17-7-3-14(4-8-17)5-10-19(23)24-11-1-2-15-12-16(21)6-9-18(15)22/h3-10,12H,1-2,11,21-22H2/b10-5+. The Morgan fingerprint density at radius 3 is 2.64 bits per heavy atom. The first-order valence-electron chi connectivity index (χ1n) is 7.73. The molecule has 128 valence electrons. The number of benzene rings is 2. The minimum Gasteiger partial charge on any atom is -0.463 e. The molecule has 25 heavy (non-hydrogen) atoms. The molecular formula is C19H19N3O3. The van der Waals surface area contributed by atoms with E-state index in [0.717, 1.165) is 11.1 Å². The number of carbonyl (C=O) groups is 1. The molecule has 0 aliphatic carbocycles. The molecule has 0 aliphatic rings. The number of aryl methyl sites for hydroxylation is 1. The Hall–Kier alpha value is -3.46. The van der Waals surface area contributed by atoms with Crippen molar-refractivity contribution in [2.75, 3.05) is 18.1 Å². The van der Waals surface area contributed by atoms with E-state index in [1.165, 1.54) is 6.08 Å². The van der Waals surface area contributed by atoms with Crippen LogP contribution in [-0.4, -0.2) is 12.6 Å². The van der Waals surface area contributed by atoms with Gasteiger partial charge in [-0.1, -0.05) is 12.1 Å². The predicted molar refractivity (Wildman–Crippen MR) is 96.3 cm³/mol. The van der Waals surface area contributed by atoms with E-state index in [-0.39, 0.29) is 0 Å². The fourth-order valence-corrected chi connectivity index (χ4v) is 2.19. The van der Waals surface area contributed by atoms with Gasteiger partial charge in [-0.2, -0.15) is 0 Å². The monoisotopic (exact) mass is 337 g/mol. The third-order valence-electron chi connectivity index (χ3n) is 3.46. The summed E-state index contributed by atoms with van der Waals surface area (Å²) in [6.45, 7) is 0.298. The summed E-state index contributed by atoms with van der Waals surface area (Å²) >= 11 is 0. The van der Waals surface area contributed by atoms with Crippen LogP contribution < -0.4 is 16.2 Å². The Morgan fingerprint density at radius 2 is 1.92 bits per heavy atom. The van der Waals surface area contributed by atoms with Gasteiger partial charge >= 0.3 is 5.97 Å². The first-order valence-corrected chi connectivity index (χ1v) is 7.73. The molecule has 0 aromatic heterocycles. The van der Waals surface area contributed by atoms with Crippen molar-refractivity contribution in [3.05, 3.63) is 59.7 Å². The minimum atomic E-state index is -0.419. The number of anilines is 2. The maximum Gasteiger partial charge on any atom is 0.330 e. The number of nitrogen functional groups attached to an aromatic ring is 2. The second-order valence-electron chi connectivity index (χ2n) is 5.33. The van der Waals surface area contributed by atoms with Gasteiger partial charge in [0.15, 0.2) is 0 Å². The number of rotatable bonds is 7. The Bertz CT molecular complexity index is 793. The van der Waals surface area contributed by atoms with Crippen LogP contribution in [0.25, 0.3) is 6.08 Å². The first kappa shape index (κ1) is 17.9. The van der Waals surface area contributed by atoms with Crippen molar-refractivity contribution in [2.24, 2.45) is 0 Å². The Kier molecular flexibility index (Phi) is 6.43. The van der Waals surface area contributed by atoms with E-state index in [0.29, 0.717) is 36.6 Å². The fraction of sp³-hybridized carbons (Fsp3) is 0.158. The van der Waals surface area contributed by atoms with Crippen LogP contribution in [0.5, 0.6) is 5.75 Å². The summed E-state index contributed by atoms with van der Waals surface area (Å²) in [5.41, 5.74) is 14.7. The van der Waals surface area contributed by atoms with Crippen LogP contribution in [-0.2, 0) is 16.0 Å². The van der Waals surface area contributed by atoms with E-state index in [2.05, 4.69) is 4.74 Å². The highest BCUT2D eigenvalue weighted by Crippen LogP contribution is 2.17. The topological polar surface area (TPSA) is 111 Å². The van der Waals surface area contributed by atoms with Crippen LogP contribution in [0.1, 0.15) is 17.5 Å². The van der Waals surface area contributed by atoms with Crippen molar-refractivity contribution in [3.63, 3.8) is 0 Å². The van der Waals surface area contributed by atoms with Crippen molar-refractivity contribution in [3.8, 4) is 12.0 Å². The zero-order chi connectivity index (χ0) is 18.1. The molecule has 0 bridgehead atoms. The number of hydrogen-bond acceptors (Lipinski definition) is 6. The minimum absolute atomic E-state index is 0.298. The third-order valence-corrected chi connectivity index (χ3v) is 3.46. The highest BCUT2D eigenvalue weighted by Gasteiger charge is 2.02. The molecule has 2 rings (SSSR count). The molecule has 2 aromatic rings. The van der Waals surface area contributed by atoms with Gasteiger partial charge in [-0.3, -0.25) is 0 Å². The SMILES string of the molecule is N#COc1ccc(/C=C/C(=O)OCCCc2cc(N)ccc2N)cc1. The van der Waals surface area contributed by atoms with E-state index in [1.54, 1.807) is 48.7 Å². The highest BCUT2D eigenvalue weighted by molar-refractivity contribution is 5.87. The van der Waals surface area contributed by atoms with Gasteiger partial charge in [-0.15, -0.1) is 5.26 Å². The van der Waals surface area contributed by atoms with Crippen molar-refractivity contribution >= 4 is 23.4 Å². The zero-order valence-corrected chi connectivity index (χ0v) is 13.6. The Balaban J connectivity index is 1.75. The predicted octanol–water partition coefficient (Wildman–Crippen LogP) is 2.90. The quantitative estimate of drug-likeness (QED) is 0.264. The first-order chi connectivity index (χ1) is 12.1. The molecule has 6 heteroatoms. The maximum atomic E-state index is 11.7. The van der Waals surface area contributed by atoms with E-state index >= 15 is 0 Å². The summed E-state index contributed by atoms with van der Waals surface area (Å²) in [5.74, 6) is 0.0287. The van der Waals surface area contributed by atoms with Gasteiger partial charge in [0.1, 0.15) is 5.75 Å². The molecule has 0 saturated heterocycles. The number of nitrogens with zero attached hydrogens (tertiary/aromatic N) is 1. The molecule has 0 aliphatic heterocycles. The lowest BCUT2D eigenvalue weighted by molar-refractivity contribution is -0.137. The molecule has 0 unspecified atom stereocenters. The Morgan fingerprint density at radius 1 is 1.16 bits per heavy atom.